The maximum atomic E-state index is 12.5. The number of nitrogens with zero attached hydrogens (tertiary/aromatic N) is 6. The van der Waals surface area contributed by atoms with Gasteiger partial charge in [-0.2, -0.15) is 15.2 Å². The molecule has 1 atom stereocenters. The van der Waals surface area contributed by atoms with E-state index in [1.165, 1.54) is 22.5 Å². The van der Waals surface area contributed by atoms with Crippen LogP contribution in [-0.2, 0) is 17.8 Å². The van der Waals surface area contributed by atoms with Crippen molar-refractivity contribution in [2.24, 2.45) is 0 Å². The van der Waals surface area contributed by atoms with E-state index in [1.807, 2.05) is 7.05 Å². The number of amides is 1. The van der Waals surface area contributed by atoms with E-state index >= 15 is 0 Å². The third-order valence-electron chi connectivity index (χ3n) is 8.56. The molecule has 1 amide bonds. The van der Waals surface area contributed by atoms with E-state index in [4.69, 9.17) is 14.7 Å². The number of nitrogens with one attached hydrogen (secondary N) is 1. The van der Waals surface area contributed by atoms with E-state index in [2.05, 4.69) is 70.2 Å². The number of likely N-dealkylation sites (N-methyl/N-ethyl adjacent to an activating group) is 1. The first kappa shape index (κ1) is 26.1. The number of ether oxygens (including phenoxy) is 1. The molecule has 2 fully saturated rings. The number of aromatic nitrogens is 2. The van der Waals surface area contributed by atoms with Crippen molar-refractivity contribution >= 4 is 28.2 Å². The highest BCUT2D eigenvalue weighted by atomic mass is 16.5. The largest absolute Gasteiger partial charge is 0.461 e. The third-order valence-corrected chi connectivity index (χ3v) is 8.56. The van der Waals surface area contributed by atoms with Gasteiger partial charge in [-0.05, 0) is 43.8 Å². The van der Waals surface area contributed by atoms with Crippen molar-refractivity contribution < 1.29 is 9.53 Å². The molecule has 9 nitrogen and oxygen atoms in total. The number of hydrogen-bond donors (Lipinski definition) is 1. The third kappa shape index (κ3) is 4.95. The summed E-state index contributed by atoms with van der Waals surface area (Å²) in [5, 5.41) is 15.3. The van der Waals surface area contributed by atoms with Crippen molar-refractivity contribution in [3.8, 4) is 12.1 Å². The summed E-state index contributed by atoms with van der Waals surface area (Å²) in [6, 6.07) is 17.3. The van der Waals surface area contributed by atoms with E-state index in [-0.39, 0.29) is 23.9 Å². The lowest BCUT2D eigenvalue weighted by Gasteiger charge is -2.42. The van der Waals surface area contributed by atoms with Gasteiger partial charge in [0.2, 0.25) is 5.91 Å². The molecule has 0 radical (unpaired) electrons. The minimum absolute atomic E-state index is 0.00296. The molecule has 6 rings (SSSR count). The minimum atomic E-state index is -0.228. The van der Waals surface area contributed by atoms with Crippen LogP contribution in [0.2, 0.25) is 0 Å². The van der Waals surface area contributed by atoms with Gasteiger partial charge in [0, 0.05) is 42.8 Å². The first-order chi connectivity index (χ1) is 19.5. The zero-order chi connectivity index (χ0) is 27.7. The number of benzene rings is 2. The van der Waals surface area contributed by atoms with E-state index in [9.17, 15) is 10.1 Å². The molecule has 0 unspecified atom stereocenters. The van der Waals surface area contributed by atoms with Crippen molar-refractivity contribution in [1.82, 2.24) is 20.2 Å². The number of carbonyl (C=O) groups excluding carboxylic acids is 1. The molecule has 3 aliphatic rings. The molecule has 2 aromatic carbocycles. The zero-order valence-corrected chi connectivity index (χ0v) is 23.0. The van der Waals surface area contributed by atoms with Crippen LogP contribution in [0.4, 0.5) is 11.5 Å². The molecule has 1 aliphatic carbocycles. The van der Waals surface area contributed by atoms with Crippen molar-refractivity contribution in [2.75, 3.05) is 49.6 Å². The second-order valence-corrected chi connectivity index (χ2v) is 10.9. The highest BCUT2D eigenvalue weighted by Crippen LogP contribution is 2.37. The highest BCUT2D eigenvalue weighted by Gasteiger charge is 2.42. The quantitative estimate of drug-likeness (QED) is 0.437. The lowest BCUT2D eigenvalue weighted by atomic mass is 10.0. The van der Waals surface area contributed by atoms with Crippen LogP contribution in [0, 0.1) is 11.3 Å². The monoisotopic (exact) mass is 537 g/mol. The molecule has 9 heteroatoms. The van der Waals surface area contributed by atoms with Crippen molar-refractivity contribution in [1.29, 1.82) is 5.26 Å². The predicted molar refractivity (Wildman–Crippen MR) is 155 cm³/mol. The van der Waals surface area contributed by atoms with Gasteiger partial charge < -0.3 is 24.8 Å². The van der Waals surface area contributed by atoms with Gasteiger partial charge in [0.05, 0.1) is 36.3 Å². The summed E-state index contributed by atoms with van der Waals surface area (Å²) < 4.78 is 6.22. The standard InChI is InChI=1S/C31H35N7O2/c1-3-28(39)38-18-17-37(19-23(38)11-15-32)29-25-12-16-36(27-10-6-8-22-7-4-5-9-24(22)27)20-26(25)34-30(35-29)40-21-31(33-2)13-14-31/h3-10,23,33H,1,11-14,16-21H2,2H3/t23-/m0/s1. The van der Waals surface area contributed by atoms with Gasteiger partial charge in [-0.3, -0.25) is 4.79 Å². The highest BCUT2D eigenvalue weighted by molar-refractivity contribution is 5.94. The van der Waals surface area contributed by atoms with Crippen LogP contribution in [0.5, 0.6) is 6.01 Å². The molecule has 40 heavy (non-hydrogen) atoms. The van der Waals surface area contributed by atoms with Gasteiger partial charge >= 0.3 is 6.01 Å². The topological polar surface area (TPSA) is 97.6 Å². The van der Waals surface area contributed by atoms with Gasteiger partial charge in [-0.25, -0.2) is 0 Å². The van der Waals surface area contributed by atoms with Crippen LogP contribution in [0.1, 0.15) is 30.5 Å². The SMILES string of the molecule is C=CC(=O)N1CCN(c2nc(OCC3(NC)CC3)nc3c2CCN(c2cccc4ccccc24)C3)C[C@@H]1CC#N. The molecular formula is C31H35N7O2. The summed E-state index contributed by atoms with van der Waals surface area (Å²) in [5.74, 6) is 0.724. The molecule has 1 saturated carbocycles. The Morgan fingerprint density at radius 1 is 1.18 bits per heavy atom. The van der Waals surface area contributed by atoms with Gasteiger partial charge in [0.15, 0.2) is 0 Å². The Balaban J connectivity index is 1.33. The fraction of sp³-hybridized carbons (Fsp3) is 0.419. The molecule has 0 bridgehead atoms. The van der Waals surface area contributed by atoms with Crippen molar-refractivity contribution in [2.45, 2.75) is 43.8 Å². The zero-order valence-electron chi connectivity index (χ0n) is 23.0. The molecule has 2 aliphatic heterocycles. The van der Waals surface area contributed by atoms with Crippen LogP contribution in [0.15, 0.2) is 55.1 Å². The number of hydrogen-bond acceptors (Lipinski definition) is 8. The average molecular weight is 538 g/mol. The predicted octanol–water partition coefficient (Wildman–Crippen LogP) is 3.44. The number of nitriles is 1. The maximum Gasteiger partial charge on any atom is 0.318 e. The fourth-order valence-corrected chi connectivity index (χ4v) is 5.96. The van der Waals surface area contributed by atoms with Crippen LogP contribution in [0.25, 0.3) is 10.8 Å². The second-order valence-electron chi connectivity index (χ2n) is 10.9. The Bertz CT molecular complexity index is 1470. The Labute approximate surface area is 235 Å². The number of anilines is 2. The molecule has 3 aromatic rings. The summed E-state index contributed by atoms with van der Waals surface area (Å²) in [4.78, 5) is 28.7. The lowest BCUT2D eigenvalue weighted by Crippen LogP contribution is -2.55. The minimum Gasteiger partial charge on any atom is -0.461 e. The Hall–Kier alpha value is -4.16. The normalized spacial score (nSPS) is 19.6. The average Bonchev–Trinajstić information content (AvgIpc) is 3.79. The first-order valence-corrected chi connectivity index (χ1v) is 14.0. The number of rotatable bonds is 8. The second kappa shape index (κ2) is 10.8. The Morgan fingerprint density at radius 3 is 2.77 bits per heavy atom. The summed E-state index contributed by atoms with van der Waals surface area (Å²) in [6.45, 7) is 7.33. The van der Waals surface area contributed by atoms with E-state index in [0.29, 0.717) is 38.8 Å². The molecule has 3 heterocycles. The Morgan fingerprint density at radius 2 is 2.00 bits per heavy atom. The van der Waals surface area contributed by atoms with Gasteiger partial charge in [-0.1, -0.05) is 43.0 Å². The lowest BCUT2D eigenvalue weighted by molar-refractivity contribution is -0.128. The first-order valence-electron chi connectivity index (χ1n) is 14.0. The van der Waals surface area contributed by atoms with Crippen molar-refractivity contribution in [3.05, 3.63) is 66.4 Å². The van der Waals surface area contributed by atoms with E-state index in [1.54, 1.807) is 4.90 Å². The maximum absolute atomic E-state index is 12.5. The van der Waals surface area contributed by atoms with E-state index in [0.717, 1.165) is 42.9 Å². The number of fused-ring (bicyclic) bond motifs is 2. The molecule has 0 spiro atoms. The summed E-state index contributed by atoms with van der Waals surface area (Å²) in [5.41, 5.74) is 3.29. The molecule has 1 N–H and O–H groups in total. The van der Waals surface area contributed by atoms with Gasteiger partial charge in [0.25, 0.3) is 0 Å². The Kier molecular flexibility index (Phi) is 7.03. The van der Waals surface area contributed by atoms with E-state index < -0.39 is 0 Å². The fourth-order valence-electron chi connectivity index (χ4n) is 5.96. The molecule has 1 aromatic heterocycles. The van der Waals surface area contributed by atoms with Crippen LogP contribution in [0.3, 0.4) is 0 Å². The van der Waals surface area contributed by atoms with Crippen LogP contribution >= 0.6 is 0 Å². The van der Waals surface area contributed by atoms with Crippen molar-refractivity contribution in [3.63, 3.8) is 0 Å². The summed E-state index contributed by atoms with van der Waals surface area (Å²) >= 11 is 0. The van der Waals surface area contributed by atoms with Crippen LogP contribution in [-0.4, -0.2) is 72.2 Å². The molecular weight excluding hydrogens is 502 g/mol. The van der Waals surface area contributed by atoms with Gasteiger partial charge in [-0.15, -0.1) is 0 Å². The number of carbonyl (C=O) groups is 1. The smallest absolute Gasteiger partial charge is 0.318 e. The number of piperazine rings is 1. The summed E-state index contributed by atoms with van der Waals surface area (Å²) in [7, 11) is 1.97. The molecule has 1 saturated heterocycles. The molecule has 206 valence electrons. The summed E-state index contributed by atoms with van der Waals surface area (Å²) in [6.07, 6.45) is 4.53. The van der Waals surface area contributed by atoms with Crippen LogP contribution < -0.4 is 19.9 Å². The van der Waals surface area contributed by atoms with Gasteiger partial charge in [0.1, 0.15) is 12.4 Å².